The summed E-state index contributed by atoms with van der Waals surface area (Å²) in [5, 5.41) is 0. The van der Waals surface area contributed by atoms with E-state index in [0.29, 0.717) is 18.5 Å². The number of nitrogens with two attached hydrogens (primary N) is 1. The molecule has 0 fully saturated rings. The van der Waals surface area contributed by atoms with Crippen LogP contribution in [0.5, 0.6) is 0 Å². The molecule has 0 spiro atoms. The van der Waals surface area contributed by atoms with Crippen LogP contribution in [0.3, 0.4) is 0 Å². The third kappa shape index (κ3) is 4.56. The van der Waals surface area contributed by atoms with Crippen LogP contribution >= 0.6 is 0 Å². The van der Waals surface area contributed by atoms with Crippen LogP contribution in [0.25, 0.3) is 0 Å². The highest BCUT2D eigenvalue weighted by Gasteiger charge is 2.23. The van der Waals surface area contributed by atoms with Crippen molar-refractivity contribution in [1.29, 1.82) is 0 Å². The minimum absolute atomic E-state index is 0.0175. The van der Waals surface area contributed by atoms with Gasteiger partial charge in [0.2, 0.25) is 10.0 Å². The maximum absolute atomic E-state index is 13.2. The summed E-state index contributed by atoms with van der Waals surface area (Å²) in [6.45, 7) is 6.26. The second kappa shape index (κ2) is 5.98. The second-order valence-corrected chi connectivity index (χ2v) is 7.17. The van der Waals surface area contributed by atoms with Gasteiger partial charge in [-0.25, -0.2) is 17.5 Å². The summed E-state index contributed by atoms with van der Waals surface area (Å²) in [7, 11) is -3.70. The van der Waals surface area contributed by atoms with Gasteiger partial charge in [0.25, 0.3) is 0 Å². The molecule has 0 saturated carbocycles. The van der Waals surface area contributed by atoms with Gasteiger partial charge in [-0.05, 0) is 43.0 Å². The quantitative estimate of drug-likeness (QED) is 0.838. The average molecular weight is 288 g/mol. The molecule has 1 aromatic carbocycles. The van der Waals surface area contributed by atoms with Crippen molar-refractivity contribution in [2.45, 2.75) is 32.1 Å². The summed E-state index contributed by atoms with van der Waals surface area (Å²) in [6.07, 6.45) is 0.706. The highest BCUT2D eigenvalue weighted by molar-refractivity contribution is 7.89. The SMILES string of the molecule is Cc1ccc(F)cc1S(=O)(=O)NCC(C)(C)CCN. The average Bonchev–Trinajstić information content (AvgIpc) is 2.30. The molecule has 1 rings (SSSR count). The van der Waals surface area contributed by atoms with Crippen molar-refractivity contribution < 1.29 is 12.8 Å². The first-order valence-electron chi connectivity index (χ1n) is 6.14. The molecule has 19 heavy (non-hydrogen) atoms. The number of aryl methyl sites for hydroxylation is 1. The van der Waals surface area contributed by atoms with Crippen LogP contribution in [-0.2, 0) is 10.0 Å². The molecule has 6 heteroatoms. The zero-order valence-electron chi connectivity index (χ0n) is 11.5. The monoisotopic (exact) mass is 288 g/mol. The lowest BCUT2D eigenvalue weighted by atomic mass is 9.90. The van der Waals surface area contributed by atoms with Crippen molar-refractivity contribution in [1.82, 2.24) is 4.72 Å². The van der Waals surface area contributed by atoms with Crippen LogP contribution < -0.4 is 10.5 Å². The standard InChI is InChI=1S/C13H21FN2O2S/c1-10-4-5-11(14)8-12(10)19(17,18)16-9-13(2,3)6-7-15/h4-5,8,16H,6-7,9,15H2,1-3H3. The highest BCUT2D eigenvalue weighted by Crippen LogP contribution is 2.21. The highest BCUT2D eigenvalue weighted by atomic mass is 32.2. The van der Waals surface area contributed by atoms with Gasteiger partial charge in [-0.2, -0.15) is 0 Å². The van der Waals surface area contributed by atoms with E-state index in [9.17, 15) is 12.8 Å². The number of nitrogens with one attached hydrogen (secondary N) is 1. The van der Waals surface area contributed by atoms with Crippen LogP contribution in [0.15, 0.2) is 23.1 Å². The van der Waals surface area contributed by atoms with Crippen molar-refractivity contribution in [3.63, 3.8) is 0 Å². The summed E-state index contributed by atoms with van der Waals surface area (Å²) in [4.78, 5) is -0.0175. The van der Waals surface area contributed by atoms with Crippen molar-refractivity contribution in [2.24, 2.45) is 11.1 Å². The Morgan fingerprint density at radius 3 is 2.58 bits per heavy atom. The van der Waals surface area contributed by atoms with E-state index in [1.165, 1.54) is 12.1 Å². The van der Waals surface area contributed by atoms with E-state index in [4.69, 9.17) is 5.73 Å². The molecule has 0 aliphatic heterocycles. The predicted molar refractivity (Wildman–Crippen MR) is 73.8 cm³/mol. The van der Waals surface area contributed by atoms with Gasteiger partial charge < -0.3 is 5.73 Å². The third-order valence-electron chi connectivity index (χ3n) is 3.00. The first-order valence-corrected chi connectivity index (χ1v) is 7.62. The lowest BCUT2D eigenvalue weighted by Gasteiger charge is -2.24. The van der Waals surface area contributed by atoms with Gasteiger partial charge in [-0.1, -0.05) is 19.9 Å². The van der Waals surface area contributed by atoms with Crippen LogP contribution in [0, 0.1) is 18.2 Å². The van der Waals surface area contributed by atoms with Gasteiger partial charge in [0.05, 0.1) is 4.90 Å². The zero-order chi connectivity index (χ0) is 14.7. The number of halogens is 1. The van der Waals surface area contributed by atoms with Crippen molar-refractivity contribution in [3.05, 3.63) is 29.6 Å². The van der Waals surface area contributed by atoms with Crippen molar-refractivity contribution >= 4 is 10.0 Å². The number of rotatable bonds is 6. The zero-order valence-corrected chi connectivity index (χ0v) is 12.3. The summed E-state index contributed by atoms with van der Waals surface area (Å²) < 4.78 is 40.0. The fraction of sp³-hybridized carbons (Fsp3) is 0.538. The maximum Gasteiger partial charge on any atom is 0.240 e. The second-order valence-electron chi connectivity index (χ2n) is 5.44. The van der Waals surface area contributed by atoms with E-state index < -0.39 is 15.8 Å². The molecule has 0 saturated heterocycles. The van der Waals surface area contributed by atoms with Gasteiger partial charge in [-0.15, -0.1) is 0 Å². The predicted octanol–water partition coefficient (Wildman–Crippen LogP) is 1.79. The van der Waals surface area contributed by atoms with Gasteiger partial charge in [-0.3, -0.25) is 0 Å². The van der Waals surface area contributed by atoms with Gasteiger partial charge >= 0.3 is 0 Å². The molecule has 0 bridgehead atoms. The Morgan fingerprint density at radius 1 is 1.37 bits per heavy atom. The van der Waals surface area contributed by atoms with Crippen molar-refractivity contribution in [3.8, 4) is 0 Å². The first-order chi connectivity index (χ1) is 8.68. The summed E-state index contributed by atoms with van der Waals surface area (Å²) in [5.74, 6) is -0.563. The van der Waals surface area contributed by atoms with Gasteiger partial charge in [0.15, 0.2) is 0 Å². The largest absolute Gasteiger partial charge is 0.330 e. The Bertz CT molecular complexity index is 542. The van der Waals surface area contributed by atoms with Gasteiger partial charge in [0, 0.05) is 6.54 Å². The van der Waals surface area contributed by atoms with Crippen LogP contribution in [0.2, 0.25) is 0 Å². The molecule has 0 aromatic heterocycles. The fourth-order valence-electron chi connectivity index (χ4n) is 1.71. The first kappa shape index (κ1) is 16.1. The normalized spacial score (nSPS) is 12.7. The fourth-order valence-corrected chi connectivity index (χ4v) is 3.21. The number of hydrogen-bond acceptors (Lipinski definition) is 3. The molecule has 0 heterocycles. The number of hydrogen-bond donors (Lipinski definition) is 2. The lowest BCUT2D eigenvalue weighted by Crippen LogP contribution is -2.35. The minimum atomic E-state index is -3.70. The smallest absolute Gasteiger partial charge is 0.240 e. The topological polar surface area (TPSA) is 72.2 Å². The summed E-state index contributed by atoms with van der Waals surface area (Å²) >= 11 is 0. The van der Waals surface area contributed by atoms with Crippen LogP contribution in [-0.4, -0.2) is 21.5 Å². The molecule has 0 atom stereocenters. The molecule has 0 radical (unpaired) electrons. The molecular formula is C13H21FN2O2S. The van der Waals surface area contributed by atoms with E-state index >= 15 is 0 Å². The Kier molecular flexibility index (Phi) is 5.06. The number of sulfonamides is 1. The van der Waals surface area contributed by atoms with Crippen molar-refractivity contribution in [2.75, 3.05) is 13.1 Å². The molecule has 108 valence electrons. The maximum atomic E-state index is 13.2. The van der Waals surface area contributed by atoms with E-state index in [-0.39, 0.29) is 16.9 Å². The van der Waals surface area contributed by atoms with E-state index in [1.807, 2.05) is 13.8 Å². The van der Waals surface area contributed by atoms with E-state index in [2.05, 4.69) is 4.72 Å². The summed E-state index contributed by atoms with van der Waals surface area (Å²) in [5.41, 5.74) is 5.77. The van der Waals surface area contributed by atoms with E-state index in [0.717, 1.165) is 6.07 Å². The molecule has 3 N–H and O–H groups in total. The van der Waals surface area contributed by atoms with Crippen LogP contribution in [0.1, 0.15) is 25.8 Å². The molecular weight excluding hydrogens is 267 g/mol. The molecule has 0 amide bonds. The minimum Gasteiger partial charge on any atom is -0.330 e. The van der Waals surface area contributed by atoms with Gasteiger partial charge in [0.1, 0.15) is 5.82 Å². The molecule has 1 aromatic rings. The summed E-state index contributed by atoms with van der Waals surface area (Å²) in [6, 6.07) is 3.73. The molecule has 0 aliphatic rings. The molecule has 0 aliphatic carbocycles. The number of benzene rings is 1. The van der Waals surface area contributed by atoms with Crippen LogP contribution in [0.4, 0.5) is 4.39 Å². The lowest BCUT2D eigenvalue weighted by molar-refractivity contribution is 0.340. The van der Waals surface area contributed by atoms with E-state index in [1.54, 1.807) is 6.92 Å². The Balaban J connectivity index is 2.90. The Labute approximate surface area is 114 Å². The Hall–Kier alpha value is -0.980. The Morgan fingerprint density at radius 2 is 2.00 bits per heavy atom. The third-order valence-corrected chi connectivity index (χ3v) is 4.54. The molecule has 4 nitrogen and oxygen atoms in total. The molecule has 0 unspecified atom stereocenters.